The smallest absolute Gasteiger partial charge is 0.248 e. The van der Waals surface area contributed by atoms with E-state index in [1.54, 1.807) is 36.4 Å². The predicted molar refractivity (Wildman–Crippen MR) is 130 cm³/mol. The monoisotopic (exact) mass is 500 g/mol. The van der Waals surface area contributed by atoms with Crippen LogP contribution < -0.4 is 23.7 Å². The van der Waals surface area contributed by atoms with Gasteiger partial charge in [-0.15, -0.1) is 0 Å². The molecule has 0 radical (unpaired) electrons. The number of hydrogen-bond acceptors (Lipinski definition) is 9. The van der Waals surface area contributed by atoms with E-state index in [0.29, 0.717) is 34.3 Å². The van der Waals surface area contributed by atoms with Crippen molar-refractivity contribution in [3.8, 4) is 34.8 Å². The maximum atomic E-state index is 11.9. The summed E-state index contributed by atoms with van der Waals surface area (Å²) in [5, 5.41) is 33.1. The minimum absolute atomic E-state index is 0.00765. The van der Waals surface area contributed by atoms with Crippen LogP contribution >= 0.6 is 0 Å². The minimum Gasteiger partial charge on any atom is -0.493 e. The zero-order chi connectivity index (χ0) is 26.5. The Hall–Kier alpha value is -3.71. The molecule has 0 bridgehead atoms. The first-order valence-electron chi connectivity index (χ1n) is 11.7. The summed E-state index contributed by atoms with van der Waals surface area (Å²) in [6.45, 7) is 3.78. The first-order chi connectivity index (χ1) is 17.2. The van der Waals surface area contributed by atoms with Gasteiger partial charge in [0, 0.05) is 4.92 Å². The fraction of sp³-hybridized carbons (Fsp3) is 0.500. The van der Waals surface area contributed by atoms with Crippen molar-refractivity contribution in [1.29, 1.82) is 5.26 Å². The summed E-state index contributed by atoms with van der Waals surface area (Å²) in [4.78, 5) is 11.3. The second kappa shape index (κ2) is 11.4. The summed E-state index contributed by atoms with van der Waals surface area (Å²) in [5.74, 6) is 2.00. The standard InChI is InChI=1S/C26H32N2O8/c1-16(2)26(15-27,17-12-22(32-3)25(34-5)23(13-17)33-4)11-10-19(29)18(28(30)31)14-24-35-20-8-6-7-9-21(20)36-24/h6-9,12-13,16,18-19,24,29H,10-11,14H2,1-5H3. The van der Waals surface area contributed by atoms with Gasteiger partial charge in [0.05, 0.1) is 39.2 Å². The maximum Gasteiger partial charge on any atom is 0.248 e. The van der Waals surface area contributed by atoms with Gasteiger partial charge in [0.15, 0.2) is 23.0 Å². The van der Waals surface area contributed by atoms with E-state index in [4.69, 9.17) is 23.7 Å². The number of ether oxygens (including phenoxy) is 5. The predicted octanol–water partition coefficient (Wildman–Crippen LogP) is 4.10. The van der Waals surface area contributed by atoms with E-state index >= 15 is 0 Å². The van der Waals surface area contributed by atoms with Crippen LogP contribution in [0.25, 0.3) is 0 Å². The number of aliphatic hydroxyl groups is 1. The number of benzene rings is 2. The topological polar surface area (TPSA) is 133 Å². The molecule has 1 N–H and O–H groups in total. The van der Waals surface area contributed by atoms with Crippen molar-refractivity contribution in [2.75, 3.05) is 21.3 Å². The molecule has 0 aliphatic carbocycles. The highest BCUT2D eigenvalue weighted by Crippen LogP contribution is 2.45. The van der Waals surface area contributed by atoms with Gasteiger partial charge in [-0.05, 0) is 48.6 Å². The van der Waals surface area contributed by atoms with E-state index in [1.807, 2.05) is 13.8 Å². The van der Waals surface area contributed by atoms with Crippen LogP contribution in [0.5, 0.6) is 28.7 Å². The third-order valence-corrected chi connectivity index (χ3v) is 6.71. The minimum atomic E-state index is -1.34. The second-order valence-electron chi connectivity index (χ2n) is 8.96. The molecule has 1 heterocycles. The van der Waals surface area contributed by atoms with Crippen molar-refractivity contribution < 1.29 is 33.7 Å². The molecule has 3 rings (SSSR count). The molecule has 0 spiro atoms. The van der Waals surface area contributed by atoms with Gasteiger partial charge in [-0.1, -0.05) is 26.0 Å². The van der Waals surface area contributed by atoms with Crippen LogP contribution in [-0.4, -0.2) is 49.8 Å². The third-order valence-electron chi connectivity index (χ3n) is 6.71. The summed E-state index contributed by atoms with van der Waals surface area (Å²) in [7, 11) is 4.47. The molecule has 3 atom stereocenters. The highest BCUT2D eigenvalue weighted by Gasteiger charge is 2.42. The van der Waals surface area contributed by atoms with Crippen molar-refractivity contribution in [3.63, 3.8) is 0 Å². The highest BCUT2D eigenvalue weighted by molar-refractivity contribution is 5.56. The van der Waals surface area contributed by atoms with Crippen LogP contribution in [0.15, 0.2) is 36.4 Å². The molecule has 10 nitrogen and oxygen atoms in total. The van der Waals surface area contributed by atoms with Gasteiger partial charge in [0.25, 0.3) is 0 Å². The molecule has 1 aliphatic rings. The molecule has 0 aromatic heterocycles. The number of aliphatic hydroxyl groups excluding tert-OH is 1. The van der Waals surface area contributed by atoms with Gasteiger partial charge >= 0.3 is 0 Å². The Morgan fingerprint density at radius 3 is 2.08 bits per heavy atom. The van der Waals surface area contributed by atoms with Crippen LogP contribution in [0.4, 0.5) is 0 Å². The lowest BCUT2D eigenvalue weighted by Crippen LogP contribution is -2.40. The van der Waals surface area contributed by atoms with E-state index in [1.165, 1.54) is 21.3 Å². The Labute approximate surface area is 210 Å². The molecule has 0 saturated carbocycles. The number of nitro groups is 1. The molecule has 0 saturated heterocycles. The molecule has 36 heavy (non-hydrogen) atoms. The van der Waals surface area contributed by atoms with E-state index in [0.717, 1.165) is 0 Å². The van der Waals surface area contributed by atoms with E-state index < -0.39 is 28.8 Å². The molecular formula is C26H32N2O8. The van der Waals surface area contributed by atoms with Gasteiger partial charge in [-0.25, -0.2) is 0 Å². The lowest BCUT2D eigenvalue weighted by Gasteiger charge is -2.33. The van der Waals surface area contributed by atoms with E-state index in [2.05, 4.69) is 6.07 Å². The fourth-order valence-electron chi connectivity index (χ4n) is 4.55. The zero-order valence-electron chi connectivity index (χ0n) is 21.1. The van der Waals surface area contributed by atoms with Gasteiger partial charge in [-0.2, -0.15) is 5.26 Å². The quantitative estimate of drug-likeness (QED) is 0.338. The van der Waals surface area contributed by atoms with Gasteiger partial charge in [0.1, 0.15) is 6.10 Å². The average Bonchev–Trinajstić information content (AvgIpc) is 3.29. The van der Waals surface area contributed by atoms with Crippen LogP contribution in [0.3, 0.4) is 0 Å². The van der Waals surface area contributed by atoms with Crippen molar-refractivity contribution in [2.45, 2.75) is 57.0 Å². The largest absolute Gasteiger partial charge is 0.493 e. The number of fused-ring (bicyclic) bond motifs is 1. The number of para-hydroxylation sites is 2. The lowest BCUT2D eigenvalue weighted by atomic mass is 9.69. The lowest BCUT2D eigenvalue weighted by molar-refractivity contribution is -0.538. The van der Waals surface area contributed by atoms with Crippen molar-refractivity contribution in [1.82, 2.24) is 0 Å². The molecular weight excluding hydrogens is 468 g/mol. The summed E-state index contributed by atoms with van der Waals surface area (Å²) in [5.41, 5.74) is -0.469. The zero-order valence-corrected chi connectivity index (χ0v) is 21.1. The molecule has 0 fully saturated rings. The van der Waals surface area contributed by atoms with Crippen LogP contribution in [-0.2, 0) is 5.41 Å². The maximum absolute atomic E-state index is 11.9. The Bertz CT molecular complexity index is 1070. The summed E-state index contributed by atoms with van der Waals surface area (Å²) < 4.78 is 27.6. The molecule has 1 aliphatic heterocycles. The Morgan fingerprint density at radius 1 is 1.11 bits per heavy atom. The first kappa shape index (κ1) is 26.9. The summed E-state index contributed by atoms with van der Waals surface area (Å²) >= 11 is 0. The Balaban J connectivity index is 1.82. The number of hydrogen-bond donors (Lipinski definition) is 1. The molecule has 10 heteroatoms. The third kappa shape index (κ3) is 5.26. The van der Waals surface area contributed by atoms with Crippen LogP contribution in [0.2, 0.25) is 0 Å². The van der Waals surface area contributed by atoms with Gasteiger partial charge in [0.2, 0.25) is 18.1 Å². The molecule has 2 aromatic carbocycles. The van der Waals surface area contributed by atoms with E-state index in [9.17, 15) is 20.5 Å². The van der Waals surface area contributed by atoms with Crippen molar-refractivity contribution >= 4 is 0 Å². The average molecular weight is 501 g/mol. The summed E-state index contributed by atoms with van der Waals surface area (Å²) in [6.07, 6.45) is -2.18. The molecule has 2 aromatic rings. The van der Waals surface area contributed by atoms with Gasteiger partial charge < -0.3 is 28.8 Å². The van der Waals surface area contributed by atoms with E-state index in [-0.39, 0.29) is 25.2 Å². The normalized spacial score (nSPS) is 16.1. The molecule has 3 unspecified atom stereocenters. The first-order valence-corrected chi connectivity index (χ1v) is 11.7. The molecule has 194 valence electrons. The van der Waals surface area contributed by atoms with Crippen molar-refractivity contribution in [3.05, 3.63) is 52.1 Å². The second-order valence-corrected chi connectivity index (χ2v) is 8.96. The number of rotatable bonds is 12. The Morgan fingerprint density at radius 2 is 1.67 bits per heavy atom. The van der Waals surface area contributed by atoms with Crippen LogP contribution in [0, 0.1) is 27.4 Å². The van der Waals surface area contributed by atoms with Crippen molar-refractivity contribution in [2.24, 2.45) is 5.92 Å². The Kier molecular flexibility index (Phi) is 8.48. The summed E-state index contributed by atoms with van der Waals surface area (Å²) in [6, 6.07) is 11.5. The van der Waals surface area contributed by atoms with Gasteiger partial charge in [-0.3, -0.25) is 10.1 Å². The highest BCUT2D eigenvalue weighted by atomic mass is 16.7. The molecule has 0 amide bonds. The SMILES string of the molecule is COc1cc(C(C#N)(CCC(O)C(CC2Oc3ccccc3O2)[N+](=O)[O-])C(C)C)cc(OC)c1OC. The fourth-order valence-corrected chi connectivity index (χ4v) is 4.55. The number of nitriles is 1. The number of methoxy groups -OCH3 is 3. The van der Waals surface area contributed by atoms with Crippen LogP contribution in [0.1, 0.15) is 38.7 Å². The number of nitrogens with zero attached hydrogens (tertiary/aromatic N) is 2.